The fourth-order valence-corrected chi connectivity index (χ4v) is 2.04. The molecule has 108 valence electrons. The highest BCUT2D eigenvalue weighted by molar-refractivity contribution is 5.95. The number of rotatable bonds is 4. The third-order valence-corrected chi connectivity index (χ3v) is 3.33. The van der Waals surface area contributed by atoms with E-state index in [1.165, 1.54) is 0 Å². The van der Waals surface area contributed by atoms with E-state index in [4.69, 9.17) is 5.73 Å². The number of carbonyl (C=O) groups excluding carboxylic acids is 2. The normalized spacial score (nSPS) is 10.2. The molecule has 4 nitrogen and oxygen atoms in total. The predicted octanol–water partition coefficient (Wildman–Crippen LogP) is 2.33. The Kier molecular flexibility index (Phi) is 4.38. The molecule has 2 aromatic carbocycles. The zero-order valence-electron chi connectivity index (χ0n) is 12.1. The molecule has 0 aliphatic heterocycles. The first-order valence-electron chi connectivity index (χ1n) is 6.71. The van der Waals surface area contributed by atoms with Gasteiger partial charge >= 0.3 is 0 Å². The molecule has 0 saturated carbocycles. The molecule has 0 fully saturated rings. The molecular formula is C17H18N2O2. The number of carbonyl (C=O) groups is 2. The van der Waals surface area contributed by atoms with E-state index in [1.54, 1.807) is 24.3 Å². The minimum Gasteiger partial charge on any atom is -0.366 e. The number of nitrogens with two attached hydrogens (primary N) is 1. The van der Waals surface area contributed by atoms with Crippen LogP contribution in [0.5, 0.6) is 0 Å². The third-order valence-electron chi connectivity index (χ3n) is 3.33. The number of amides is 2. The lowest BCUT2D eigenvalue weighted by Gasteiger charge is -2.09. The maximum absolute atomic E-state index is 12.2. The highest BCUT2D eigenvalue weighted by atomic mass is 16.2. The topological polar surface area (TPSA) is 72.2 Å². The van der Waals surface area contributed by atoms with Gasteiger partial charge in [-0.3, -0.25) is 9.59 Å². The molecule has 0 radical (unpaired) electrons. The molecule has 0 saturated heterocycles. The van der Waals surface area contributed by atoms with E-state index >= 15 is 0 Å². The summed E-state index contributed by atoms with van der Waals surface area (Å²) in [4.78, 5) is 23.2. The van der Waals surface area contributed by atoms with E-state index < -0.39 is 5.91 Å². The Balaban J connectivity index is 2.04. The molecule has 0 aromatic heterocycles. The summed E-state index contributed by atoms with van der Waals surface area (Å²) in [5, 5.41) is 2.88. The highest BCUT2D eigenvalue weighted by Gasteiger charge is 2.09. The monoisotopic (exact) mass is 282 g/mol. The maximum Gasteiger partial charge on any atom is 0.251 e. The van der Waals surface area contributed by atoms with Gasteiger partial charge in [-0.25, -0.2) is 0 Å². The Morgan fingerprint density at radius 3 is 2.33 bits per heavy atom. The van der Waals surface area contributed by atoms with Crippen LogP contribution in [0.3, 0.4) is 0 Å². The molecular weight excluding hydrogens is 264 g/mol. The van der Waals surface area contributed by atoms with Crippen molar-refractivity contribution in [1.82, 2.24) is 5.32 Å². The van der Waals surface area contributed by atoms with Crippen molar-refractivity contribution in [3.63, 3.8) is 0 Å². The summed E-state index contributed by atoms with van der Waals surface area (Å²) in [5.74, 6) is -0.559. The number of hydrogen-bond acceptors (Lipinski definition) is 2. The zero-order chi connectivity index (χ0) is 15.4. The van der Waals surface area contributed by atoms with Gasteiger partial charge in [0.2, 0.25) is 5.91 Å². The van der Waals surface area contributed by atoms with Crippen molar-refractivity contribution in [2.24, 2.45) is 5.73 Å². The fraction of sp³-hybridized carbons (Fsp3) is 0.176. The van der Waals surface area contributed by atoms with Gasteiger partial charge in [-0.2, -0.15) is 0 Å². The number of nitrogens with one attached hydrogen (secondary N) is 1. The average Bonchev–Trinajstić information content (AvgIpc) is 2.47. The summed E-state index contributed by atoms with van der Waals surface area (Å²) in [7, 11) is 0. The van der Waals surface area contributed by atoms with E-state index in [-0.39, 0.29) is 5.91 Å². The molecule has 0 heterocycles. The van der Waals surface area contributed by atoms with Gasteiger partial charge in [0.15, 0.2) is 0 Å². The lowest BCUT2D eigenvalue weighted by Crippen LogP contribution is -2.23. The maximum atomic E-state index is 12.2. The second-order valence-electron chi connectivity index (χ2n) is 5.06. The Hall–Kier alpha value is -2.62. The molecule has 0 aliphatic carbocycles. The number of aryl methyl sites for hydroxylation is 2. The van der Waals surface area contributed by atoms with Crippen molar-refractivity contribution < 1.29 is 9.59 Å². The van der Waals surface area contributed by atoms with Crippen LogP contribution in [-0.4, -0.2) is 11.8 Å². The Labute approximate surface area is 124 Å². The molecule has 0 spiro atoms. The van der Waals surface area contributed by atoms with Crippen molar-refractivity contribution in [3.8, 4) is 0 Å². The number of hydrogen-bond donors (Lipinski definition) is 2. The molecule has 3 N–H and O–H groups in total. The minimum absolute atomic E-state index is 0.102. The Bertz CT molecular complexity index is 676. The highest BCUT2D eigenvalue weighted by Crippen LogP contribution is 2.11. The molecule has 2 aromatic rings. The smallest absolute Gasteiger partial charge is 0.251 e. The largest absolute Gasteiger partial charge is 0.366 e. The number of benzene rings is 2. The average molecular weight is 282 g/mol. The molecule has 0 aliphatic rings. The quantitative estimate of drug-likeness (QED) is 0.903. The van der Waals surface area contributed by atoms with Crippen LogP contribution in [0.1, 0.15) is 37.4 Å². The lowest BCUT2D eigenvalue weighted by atomic mass is 10.0. The second kappa shape index (κ2) is 6.22. The molecule has 2 amide bonds. The molecule has 4 heteroatoms. The molecule has 0 bridgehead atoms. The van der Waals surface area contributed by atoms with Crippen LogP contribution in [0.25, 0.3) is 0 Å². The standard InChI is InChI=1S/C17H18N2O2/c1-11-3-4-12(2)15(9-11)17(21)19-10-13-5-7-14(8-6-13)16(18)20/h3-9H,10H2,1-2H3,(H2,18,20)(H,19,21). The zero-order valence-corrected chi connectivity index (χ0v) is 12.1. The number of primary amides is 1. The van der Waals surface area contributed by atoms with Gasteiger partial charge in [-0.1, -0.05) is 29.8 Å². The van der Waals surface area contributed by atoms with E-state index in [0.717, 1.165) is 16.7 Å². The van der Waals surface area contributed by atoms with Crippen LogP contribution in [0, 0.1) is 13.8 Å². The van der Waals surface area contributed by atoms with Gasteiger partial charge in [-0.05, 0) is 43.2 Å². The van der Waals surface area contributed by atoms with Gasteiger partial charge in [0.25, 0.3) is 5.91 Å². The summed E-state index contributed by atoms with van der Waals surface area (Å²) >= 11 is 0. The van der Waals surface area contributed by atoms with Gasteiger partial charge in [-0.15, -0.1) is 0 Å². The van der Waals surface area contributed by atoms with Crippen LogP contribution in [-0.2, 0) is 6.54 Å². The molecule has 0 atom stereocenters. The molecule has 2 rings (SSSR count). The lowest BCUT2D eigenvalue weighted by molar-refractivity contribution is 0.0948. The Morgan fingerprint density at radius 1 is 1.05 bits per heavy atom. The summed E-state index contributed by atoms with van der Waals surface area (Å²) in [6, 6.07) is 12.7. The first kappa shape index (κ1) is 14.8. The third kappa shape index (κ3) is 3.69. The summed E-state index contributed by atoms with van der Waals surface area (Å²) < 4.78 is 0. The minimum atomic E-state index is -0.457. The summed E-state index contributed by atoms with van der Waals surface area (Å²) in [6.45, 7) is 4.28. The van der Waals surface area contributed by atoms with Gasteiger partial charge in [0, 0.05) is 17.7 Å². The van der Waals surface area contributed by atoms with E-state index in [1.807, 2.05) is 32.0 Å². The molecule has 0 unspecified atom stereocenters. The van der Waals surface area contributed by atoms with Gasteiger partial charge in [0.05, 0.1) is 0 Å². The summed E-state index contributed by atoms with van der Waals surface area (Å²) in [5.41, 5.74) is 9.24. The van der Waals surface area contributed by atoms with Crippen molar-refractivity contribution in [1.29, 1.82) is 0 Å². The van der Waals surface area contributed by atoms with Gasteiger partial charge < -0.3 is 11.1 Å². The van der Waals surface area contributed by atoms with Crippen LogP contribution in [0.4, 0.5) is 0 Å². The van der Waals surface area contributed by atoms with Crippen LogP contribution < -0.4 is 11.1 Å². The van der Waals surface area contributed by atoms with Crippen LogP contribution in [0.2, 0.25) is 0 Å². The fourth-order valence-electron chi connectivity index (χ4n) is 2.04. The Morgan fingerprint density at radius 2 is 1.71 bits per heavy atom. The van der Waals surface area contributed by atoms with E-state index in [0.29, 0.717) is 17.7 Å². The van der Waals surface area contributed by atoms with Crippen molar-refractivity contribution in [2.45, 2.75) is 20.4 Å². The van der Waals surface area contributed by atoms with E-state index in [9.17, 15) is 9.59 Å². The molecule has 21 heavy (non-hydrogen) atoms. The summed E-state index contributed by atoms with van der Waals surface area (Å²) in [6.07, 6.45) is 0. The van der Waals surface area contributed by atoms with Crippen LogP contribution in [0.15, 0.2) is 42.5 Å². The van der Waals surface area contributed by atoms with Crippen molar-refractivity contribution in [3.05, 3.63) is 70.3 Å². The first-order chi connectivity index (χ1) is 9.97. The van der Waals surface area contributed by atoms with Crippen molar-refractivity contribution >= 4 is 11.8 Å². The van der Waals surface area contributed by atoms with Gasteiger partial charge in [0.1, 0.15) is 0 Å². The predicted molar refractivity (Wildman–Crippen MR) is 82.0 cm³/mol. The SMILES string of the molecule is Cc1ccc(C)c(C(=O)NCc2ccc(C(N)=O)cc2)c1. The van der Waals surface area contributed by atoms with E-state index in [2.05, 4.69) is 5.32 Å². The van der Waals surface area contributed by atoms with Crippen molar-refractivity contribution in [2.75, 3.05) is 0 Å². The second-order valence-corrected chi connectivity index (χ2v) is 5.06. The van der Waals surface area contributed by atoms with Crippen LogP contribution >= 0.6 is 0 Å². The first-order valence-corrected chi connectivity index (χ1v) is 6.71.